The van der Waals surface area contributed by atoms with Crippen molar-refractivity contribution in [1.29, 1.82) is 0 Å². The summed E-state index contributed by atoms with van der Waals surface area (Å²) in [5.41, 5.74) is 0. The smallest absolute Gasteiger partial charge is 0.694 e. The van der Waals surface area contributed by atoms with Gasteiger partial charge in [0, 0.05) is 0 Å². The van der Waals surface area contributed by atoms with Crippen LogP contribution in [0, 0.1) is 24.2 Å². The molecule has 0 N–H and O–H groups in total. The monoisotopic (exact) mass is 200 g/mol. The van der Waals surface area contributed by atoms with Gasteiger partial charge >= 0.3 is 58.9 Å². The Hall–Kier alpha value is 0.611. The second-order valence-corrected chi connectivity index (χ2v) is 0.997. The quantitative estimate of drug-likeness (QED) is 0.281. The predicted octanol–water partition coefficient (Wildman–Crippen LogP) is -0.491. The molecule has 0 spiro atoms. The van der Waals surface area contributed by atoms with Crippen LogP contribution in [0.5, 0.6) is 0 Å². The maximum Gasteiger partial charge on any atom is 1.00 e. The molecule has 0 saturated heterocycles. The minimum atomic E-state index is -3.67. The fourth-order valence-electron chi connectivity index (χ4n) is 0. The first kappa shape index (κ1) is 22.9. The Morgan fingerprint density at radius 2 is 1.08 bits per heavy atom. The van der Waals surface area contributed by atoms with Crippen molar-refractivity contribution in [2.24, 2.45) is 0 Å². The summed E-state index contributed by atoms with van der Waals surface area (Å²) in [4.78, 5) is 0. The average Bonchev–Trinajstić information content (AvgIpc) is 1.88. The molecule has 0 unspecified atom stereocenters. The molecule has 0 saturated carbocycles. The Morgan fingerprint density at radius 1 is 1.00 bits per heavy atom. The summed E-state index contributed by atoms with van der Waals surface area (Å²) >= 11 is 0. The van der Waals surface area contributed by atoms with Crippen LogP contribution >= 0.6 is 0 Å². The van der Waals surface area contributed by atoms with Gasteiger partial charge in [-0.3, -0.25) is 12.9 Å². The Balaban J connectivity index is -0.0000000389. The van der Waals surface area contributed by atoms with Crippen LogP contribution in [0.3, 0.4) is 0 Å². The van der Waals surface area contributed by atoms with E-state index in [4.69, 9.17) is 6.42 Å². The summed E-state index contributed by atoms with van der Waals surface area (Å²) in [7, 11) is -3.67. The van der Waals surface area contributed by atoms with Crippen LogP contribution in [-0.4, -0.2) is 7.54 Å². The molecule has 62 valence electrons. The fraction of sp³-hybridized carbons (Fsp3) is 0.429. The normalized spacial score (nSPS) is 4.08. The molecule has 0 heterocycles. The van der Waals surface area contributed by atoms with Gasteiger partial charge in [-0.05, 0) is 20.8 Å². The van der Waals surface area contributed by atoms with Gasteiger partial charge in [-0.1, -0.05) is 0 Å². The molecule has 0 nitrogen and oxygen atoms in total. The van der Waals surface area contributed by atoms with E-state index in [9.17, 15) is 12.9 Å². The molecule has 0 aliphatic rings. The van der Waals surface area contributed by atoms with Crippen LogP contribution < -0.4 is 51.4 Å². The molecule has 0 aliphatic carbocycles. The van der Waals surface area contributed by atoms with Gasteiger partial charge in [-0.2, -0.15) is 0 Å². The second-order valence-electron chi connectivity index (χ2n) is 0.997. The zero-order valence-electron chi connectivity index (χ0n) is 7.71. The van der Waals surface area contributed by atoms with Crippen molar-refractivity contribution in [3.05, 3.63) is 6.42 Å². The van der Waals surface area contributed by atoms with Crippen LogP contribution in [0.1, 0.15) is 20.8 Å². The second kappa shape index (κ2) is 29.9. The van der Waals surface area contributed by atoms with Gasteiger partial charge in [0.15, 0.2) is 0 Å². The molecule has 12 heavy (non-hydrogen) atoms. The number of halogens is 3. The fourth-order valence-corrected chi connectivity index (χ4v) is 0. The van der Waals surface area contributed by atoms with Crippen LogP contribution in [-0.2, 0) is 0 Å². The van der Waals surface area contributed by atoms with E-state index in [1.807, 2.05) is 19.8 Å². The van der Waals surface area contributed by atoms with E-state index in [2.05, 4.69) is 11.8 Å². The van der Waals surface area contributed by atoms with E-state index < -0.39 is 7.54 Å². The summed E-state index contributed by atoms with van der Waals surface area (Å²) in [6.45, 7) is 5.18. The first-order chi connectivity index (χ1) is 5.06. The van der Waals surface area contributed by atoms with E-state index in [-0.39, 0.29) is 51.4 Å². The third-order valence-corrected chi connectivity index (χ3v) is 0.250. The summed E-state index contributed by atoms with van der Waals surface area (Å²) in [6, 6.07) is 0. The van der Waals surface area contributed by atoms with Gasteiger partial charge in [0.05, 0.1) is 0 Å². The van der Waals surface area contributed by atoms with Crippen molar-refractivity contribution >= 4 is 7.54 Å². The van der Waals surface area contributed by atoms with Gasteiger partial charge in [-0.25, -0.2) is 0 Å². The zero-order chi connectivity index (χ0) is 9.70. The van der Waals surface area contributed by atoms with Crippen LogP contribution in [0.15, 0.2) is 0 Å². The molecular weight excluding hydrogens is 191 g/mol. The molecule has 0 aliphatic heterocycles. The van der Waals surface area contributed by atoms with Gasteiger partial charge in [-0.15, -0.1) is 11.8 Å². The minimum absolute atomic E-state index is 0. The summed E-state index contributed by atoms with van der Waals surface area (Å²) in [6.07, 6.45) is 5.96. The van der Waals surface area contributed by atoms with Gasteiger partial charge in [0.1, 0.15) is 0 Å². The van der Waals surface area contributed by atoms with E-state index in [0.29, 0.717) is 0 Å². The molecule has 0 fully saturated rings. The van der Waals surface area contributed by atoms with E-state index >= 15 is 0 Å². The first-order valence-corrected chi connectivity index (χ1v) is 2.65. The first-order valence-electron chi connectivity index (χ1n) is 2.65. The minimum Gasteiger partial charge on any atom is -0.694 e. The summed E-state index contributed by atoms with van der Waals surface area (Å²) < 4.78 is 29.0. The number of rotatable bonds is 0. The van der Waals surface area contributed by atoms with E-state index in [1.54, 1.807) is 6.92 Å². The SMILES string of the molecule is CC#CC.FB(F)F.[C-]#CC.[K+]. The molecule has 5 heteroatoms. The Labute approximate surface area is 115 Å². The standard InChI is InChI=1S/C4H6.C3H3.BF3.K/c1-3-4-2;1-3-2;2-1(3)4;/h1-2H3;1H3;;/q;-1;;+1. The Bertz CT molecular complexity index is 134. The predicted molar refractivity (Wildman–Crippen MR) is 41.0 cm³/mol. The molecule has 0 aromatic rings. The molecule has 0 amide bonds. The topological polar surface area (TPSA) is 0 Å². The molecule has 0 rings (SSSR count). The van der Waals surface area contributed by atoms with Crippen molar-refractivity contribution in [3.8, 4) is 17.8 Å². The van der Waals surface area contributed by atoms with Gasteiger partial charge in [0.2, 0.25) is 0 Å². The summed E-state index contributed by atoms with van der Waals surface area (Å²) in [5.74, 6) is 7.36. The van der Waals surface area contributed by atoms with Crippen molar-refractivity contribution < 1.29 is 64.3 Å². The molecule has 0 atom stereocenters. The third kappa shape index (κ3) is 378. The Morgan fingerprint density at radius 3 is 1.08 bits per heavy atom. The van der Waals surface area contributed by atoms with Crippen molar-refractivity contribution in [2.45, 2.75) is 20.8 Å². The van der Waals surface area contributed by atoms with Gasteiger partial charge in [0.25, 0.3) is 0 Å². The number of hydrogen-bond acceptors (Lipinski definition) is 0. The van der Waals surface area contributed by atoms with Crippen molar-refractivity contribution in [3.63, 3.8) is 0 Å². The van der Waals surface area contributed by atoms with Crippen LogP contribution in [0.4, 0.5) is 12.9 Å². The molecule has 0 radical (unpaired) electrons. The molecule has 0 aromatic carbocycles. The van der Waals surface area contributed by atoms with Crippen molar-refractivity contribution in [1.82, 2.24) is 0 Å². The summed E-state index contributed by atoms with van der Waals surface area (Å²) in [5, 5.41) is 0. The van der Waals surface area contributed by atoms with Crippen molar-refractivity contribution in [2.75, 3.05) is 0 Å². The molecule has 0 bridgehead atoms. The average molecular weight is 200 g/mol. The largest absolute Gasteiger partial charge is 1.00 e. The molecule has 0 aromatic heterocycles. The van der Waals surface area contributed by atoms with E-state index in [0.717, 1.165) is 0 Å². The van der Waals surface area contributed by atoms with Crippen LogP contribution in [0.25, 0.3) is 0 Å². The Kier molecular flexibility index (Phi) is 57.2. The van der Waals surface area contributed by atoms with E-state index in [1.165, 1.54) is 0 Å². The number of hydrogen-bond donors (Lipinski definition) is 0. The molecular formula is C7H9BF3K. The van der Waals surface area contributed by atoms with Gasteiger partial charge < -0.3 is 12.3 Å². The maximum absolute atomic E-state index is 9.67. The zero-order valence-corrected chi connectivity index (χ0v) is 10.8. The van der Waals surface area contributed by atoms with Crippen LogP contribution in [0.2, 0.25) is 0 Å². The maximum atomic E-state index is 9.67. The third-order valence-electron chi connectivity index (χ3n) is 0.250.